The summed E-state index contributed by atoms with van der Waals surface area (Å²) in [6.07, 6.45) is 0. The number of hydrogen-bond donors (Lipinski definition) is 0. The van der Waals surface area contributed by atoms with Gasteiger partial charge in [0.25, 0.3) is 0 Å². The van der Waals surface area contributed by atoms with E-state index in [4.69, 9.17) is 4.98 Å². The standard InChI is InChI=1S/C50H29N3S/c51-30-31-15-25-45-42(27-31)43-28-35(21-26-46(43)53(45)37-11-5-2-6-12-37)32-16-18-33(19-17-32)36-20-22-40-44(29-36)52-49(34-9-3-1-4-10-34)41-24-23-39-38-13-7-8-14-47(38)54-50(39)48(40)41/h1-29H. The molecule has 0 saturated carbocycles. The lowest BCUT2D eigenvalue weighted by Gasteiger charge is -2.13. The van der Waals surface area contributed by atoms with Crippen LogP contribution in [0.4, 0.5) is 0 Å². The van der Waals surface area contributed by atoms with E-state index in [0.29, 0.717) is 5.56 Å². The Morgan fingerprint density at radius 3 is 1.85 bits per heavy atom. The molecule has 54 heavy (non-hydrogen) atoms. The van der Waals surface area contributed by atoms with E-state index in [1.165, 1.54) is 36.3 Å². The Balaban J connectivity index is 1.04. The van der Waals surface area contributed by atoms with Crippen molar-refractivity contribution < 1.29 is 0 Å². The first-order chi connectivity index (χ1) is 26.7. The van der Waals surface area contributed by atoms with Gasteiger partial charge in [-0.25, -0.2) is 4.98 Å². The molecule has 0 fully saturated rings. The van der Waals surface area contributed by atoms with Crippen molar-refractivity contribution in [3.63, 3.8) is 0 Å². The first kappa shape index (κ1) is 30.6. The van der Waals surface area contributed by atoms with E-state index in [1.54, 1.807) is 0 Å². The number of hydrogen-bond acceptors (Lipinski definition) is 3. The van der Waals surface area contributed by atoms with Gasteiger partial charge < -0.3 is 4.57 Å². The van der Waals surface area contributed by atoms with Gasteiger partial charge in [-0.1, -0.05) is 121 Å². The molecule has 3 heterocycles. The smallest absolute Gasteiger partial charge is 0.0991 e. The Labute approximate surface area is 315 Å². The number of aromatic nitrogens is 2. The summed E-state index contributed by atoms with van der Waals surface area (Å²) >= 11 is 1.87. The molecule has 0 bridgehead atoms. The molecule has 0 aliphatic carbocycles. The van der Waals surface area contributed by atoms with Crippen molar-refractivity contribution in [3.05, 3.63) is 181 Å². The van der Waals surface area contributed by atoms with Crippen LogP contribution in [0.25, 0.3) is 103 Å². The van der Waals surface area contributed by atoms with Gasteiger partial charge in [0.15, 0.2) is 0 Å². The zero-order chi connectivity index (χ0) is 35.8. The maximum atomic E-state index is 9.73. The molecule has 0 saturated heterocycles. The van der Waals surface area contributed by atoms with Crippen LogP contribution in [-0.2, 0) is 0 Å². The number of nitrogens with zero attached hydrogens (tertiary/aromatic N) is 3. The predicted octanol–water partition coefficient (Wildman–Crippen LogP) is 13.7. The number of nitriles is 1. The maximum Gasteiger partial charge on any atom is 0.0991 e. The summed E-state index contributed by atoms with van der Waals surface area (Å²) in [5.41, 5.74) is 11.6. The van der Waals surface area contributed by atoms with Crippen LogP contribution in [0, 0.1) is 11.3 Å². The molecule has 4 heteroatoms. The van der Waals surface area contributed by atoms with Crippen LogP contribution in [0.3, 0.4) is 0 Å². The van der Waals surface area contributed by atoms with E-state index in [2.05, 4.69) is 168 Å². The molecule has 0 aliphatic heterocycles. The summed E-state index contributed by atoms with van der Waals surface area (Å²) in [5.74, 6) is 0. The molecule has 0 amide bonds. The van der Waals surface area contributed by atoms with Crippen molar-refractivity contribution in [1.82, 2.24) is 9.55 Å². The van der Waals surface area contributed by atoms with Gasteiger partial charge in [0, 0.05) is 58.4 Å². The maximum absolute atomic E-state index is 9.73. The molecule has 0 spiro atoms. The minimum atomic E-state index is 0.659. The lowest BCUT2D eigenvalue weighted by Crippen LogP contribution is -1.93. The van der Waals surface area contributed by atoms with Gasteiger partial charge in [0.1, 0.15) is 0 Å². The van der Waals surface area contributed by atoms with Crippen LogP contribution >= 0.6 is 11.3 Å². The highest BCUT2D eigenvalue weighted by Gasteiger charge is 2.18. The first-order valence-corrected chi connectivity index (χ1v) is 18.9. The molecule has 0 unspecified atom stereocenters. The molecule has 11 rings (SSSR count). The largest absolute Gasteiger partial charge is 0.309 e. The van der Waals surface area contributed by atoms with Crippen LogP contribution in [0.2, 0.25) is 0 Å². The Morgan fingerprint density at radius 2 is 1.07 bits per heavy atom. The van der Waals surface area contributed by atoms with Crippen LogP contribution in [0.1, 0.15) is 5.56 Å². The average molecular weight is 704 g/mol. The normalized spacial score (nSPS) is 11.7. The average Bonchev–Trinajstić information content (AvgIpc) is 3.79. The SMILES string of the molecule is N#Cc1ccc2c(c1)c1cc(-c3ccc(-c4ccc5c(c4)nc(-c4ccccc4)c4ccc6c7ccccc7sc6c45)cc3)ccc1n2-c1ccccc1. The Bertz CT molecular complexity index is 3310. The van der Waals surface area contributed by atoms with E-state index in [9.17, 15) is 5.26 Å². The molecule has 3 aromatic heterocycles. The van der Waals surface area contributed by atoms with E-state index >= 15 is 0 Å². The summed E-state index contributed by atoms with van der Waals surface area (Å²) < 4.78 is 4.89. The molecule has 11 aromatic rings. The van der Waals surface area contributed by atoms with Gasteiger partial charge in [-0.3, -0.25) is 0 Å². The summed E-state index contributed by atoms with van der Waals surface area (Å²) in [6.45, 7) is 0. The summed E-state index contributed by atoms with van der Waals surface area (Å²) in [4.78, 5) is 5.36. The molecule has 0 aliphatic rings. The van der Waals surface area contributed by atoms with Gasteiger partial charge in [-0.2, -0.15) is 5.26 Å². The number of para-hydroxylation sites is 1. The second-order valence-electron chi connectivity index (χ2n) is 13.8. The fourth-order valence-electron chi connectivity index (χ4n) is 8.25. The van der Waals surface area contributed by atoms with Crippen molar-refractivity contribution >= 4 is 75.0 Å². The number of benzene rings is 8. The van der Waals surface area contributed by atoms with Gasteiger partial charge in [-0.15, -0.1) is 11.3 Å². The lowest BCUT2D eigenvalue weighted by molar-refractivity contribution is 1.18. The lowest BCUT2D eigenvalue weighted by atomic mass is 9.95. The highest BCUT2D eigenvalue weighted by atomic mass is 32.1. The molecule has 0 N–H and O–H groups in total. The second-order valence-corrected chi connectivity index (χ2v) is 14.9. The van der Waals surface area contributed by atoms with Crippen molar-refractivity contribution in [1.29, 1.82) is 5.26 Å². The Hall–Kier alpha value is -7.06. The molecule has 250 valence electrons. The third-order valence-electron chi connectivity index (χ3n) is 10.8. The second kappa shape index (κ2) is 12.0. The fourth-order valence-corrected chi connectivity index (χ4v) is 9.51. The minimum Gasteiger partial charge on any atom is -0.309 e. The number of thiophene rings is 1. The number of rotatable bonds is 4. The van der Waals surface area contributed by atoms with Gasteiger partial charge in [-0.05, 0) is 76.9 Å². The van der Waals surface area contributed by atoms with Crippen LogP contribution < -0.4 is 0 Å². The zero-order valence-corrected chi connectivity index (χ0v) is 29.8. The first-order valence-electron chi connectivity index (χ1n) is 18.1. The van der Waals surface area contributed by atoms with Crippen molar-refractivity contribution in [3.8, 4) is 45.3 Å². The van der Waals surface area contributed by atoms with Crippen LogP contribution in [0.15, 0.2) is 176 Å². The monoisotopic (exact) mass is 703 g/mol. The van der Waals surface area contributed by atoms with Crippen molar-refractivity contribution in [2.75, 3.05) is 0 Å². The minimum absolute atomic E-state index is 0.659. The summed E-state index contributed by atoms with van der Waals surface area (Å²) in [5, 5.41) is 18.1. The van der Waals surface area contributed by atoms with E-state index in [0.717, 1.165) is 66.5 Å². The molecule has 0 atom stereocenters. The highest BCUT2D eigenvalue weighted by molar-refractivity contribution is 7.26. The van der Waals surface area contributed by atoms with Crippen LogP contribution in [0.5, 0.6) is 0 Å². The summed E-state index contributed by atoms with van der Waals surface area (Å²) in [7, 11) is 0. The third kappa shape index (κ3) is 4.70. The van der Waals surface area contributed by atoms with E-state index in [-0.39, 0.29) is 0 Å². The third-order valence-corrected chi connectivity index (χ3v) is 12.0. The zero-order valence-electron chi connectivity index (χ0n) is 29.0. The van der Waals surface area contributed by atoms with Gasteiger partial charge >= 0.3 is 0 Å². The number of pyridine rings is 1. The molecular weight excluding hydrogens is 675 g/mol. The summed E-state index contributed by atoms with van der Waals surface area (Å²) in [6, 6.07) is 64.8. The Kier molecular flexibility index (Phi) is 6.79. The quantitative estimate of drug-likeness (QED) is 0.171. The van der Waals surface area contributed by atoms with Crippen LogP contribution in [-0.4, -0.2) is 9.55 Å². The fraction of sp³-hybridized carbons (Fsp3) is 0. The number of fused-ring (bicyclic) bond motifs is 10. The highest BCUT2D eigenvalue weighted by Crippen LogP contribution is 2.44. The molecule has 3 nitrogen and oxygen atoms in total. The topological polar surface area (TPSA) is 41.6 Å². The van der Waals surface area contributed by atoms with Gasteiger partial charge in [0.05, 0.1) is 33.9 Å². The Morgan fingerprint density at radius 1 is 0.463 bits per heavy atom. The van der Waals surface area contributed by atoms with Crippen molar-refractivity contribution in [2.45, 2.75) is 0 Å². The van der Waals surface area contributed by atoms with E-state index < -0.39 is 0 Å². The van der Waals surface area contributed by atoms with Crippen molar-refractivity contribution in [2.24, 2.45) is 0 Å². The van der Waals surface area contributed by atoms with E-state index in [1.807, 2.05) is 29.5 Å². The predicted molar refractivity (Wildman–Crippen MR) is 227 cm³/mol. The molecule has 8 aromatic carbocycles. The molecular formula is C50H29N3S. The molecule has 0 radical (unpaired) electrons. The van der Waals surface area contributed by atoms with Gasteiger partial charge in [0.2, 0.25) is 0 Å².